The lowest BCUT2D eigenvalue weighted by atomic mass is 10.1. The number of carbonyl (C=O) groups excluding carboxylic acids is 1. The van der Waals surface area contributed by atoms with Crippen molar-refractivity contribution in [3.05, 3.63) is 35.4 Å². The average Bonchev–Trinajstić information content (AvgIpc) is 2.22. The Morgan fingerprint density at radius 3 is 2.56 bits per heavy atom. The third kappa shape index (κ3) is 3.75. The Hall–Kier alpha value is -1.20. The normalized spacial score (nSPS) is 11.5. The van der Waals surface area contributed by atoms with Gasteiger partial charge in [-0.25, -0.2) is 8.78 Å². The van der Waals surface area contributed by atoms with Crippen LogP contribution in [0.25, 0.3) is 0 Å². The van der Waals surface area contributed by atoms with Crippen LogP contribution in [0.4, 0.5) is 8.78 Å². The molecule has 0 fully saturated rings. The van der Waals surface area contributed by atoms with Gasteiger partial charge in [-0.1, -0.05) is 6.07 Å². The summed E-state index contributed by atoms with van der Waals surface area (Å²) in [6.45, 7) is 0. The van der Waals surface area contributed by atoms with E-state index in [9.17, 15) is 13.6 Å². The second-order valence-corrected chi connectivity index (χ2v) is 3.08. The van der Waals surface area contributed by atoms with Gasteiger partial charge in [0, 0.05) is 0 Å². The van der Waals surface area contributed by atoms with Crippen molar-refractivity contribution in [2.24, 2.45) is 5.73 Å². The summed E-state index contributed by atoms with van der Waals surface area (Å²) in [6.07, 6.45) is 0.115. The summed E-state index contributed by atoms with van der Waals surface area (Å²) in [5.74, 6) is -2.46. The Bertz CT molecular complexity index is 374. The van der Waals surface area contributed by atoms with Crippen molar-refractivity contribution in [2.45, 2.75) is 12.5 Å². The lowest BCUT2D eigenvalue weighted by Crippen LogP contribution is -2.33. The van der Waals surface area contributed by atoms with E-state index in [1.54, 1.807) is 0 Å². The molecule has 0 aliphatic rings. The van der Waals surface area contributed by atoms with E-state index in [0.29, 0.717) is 5.56 Å². The van der Waals surface area contributed by atoms with Gasteiger partial charge in [-0.15, -0.1) is 12.4 Å². The molecule has 0 aliphatic heterocycles. The Labute approximate surface area is 98.0 Å². The monoisotopic (exact) mass is 251 g/mol. The Morgan fingerprint density at radius 1 is 1.44 bits per heavy atom. The number of esters is 1. The zero-order chi connectivity index (χ0) is 11.4. The predicted molar refractivity (Wildman–Crippen MR) is 57.3 cm³/mol. The first kappa shape index (κ1) is 14.8. The number of halogens is 3. The highest BCUT2D eigenvalue weighted by atomic mass is 35.5. The summed E-state index contributed by atoms with van der Waals surface area (Å²) in [4.78, 5) is 11.0. The summed E-state index contributed by atoms with van der Waals surface area (Å²) in [5, 5.41) is 0. The van der Waals surface area contributed by atoms with Gasteiger partial charge in [0.1, 0.15) is 6.04 Å². The standard InChI is InChI=1S/C10H11F2NO2.ClH/c1-15-10(14)9(13)5-6-2-3-7(11)8(12)4-6;/h2-4,9H,5,13H2,1H3;1H. The lowest BCUT2D eigenvalue weighted by molar-refractivity contribution is -0.142. The molecule has 0 spiro atoms. The number of nitrogens with two attached hydrogens (primary N) is 1. The lowest BCUT2D eigenvalue weighted by Gasteiger charge is -2.08. The van der Waals surface area contributed by atoms with Gasteiger partial charge in [0.15, 0.2) is 11.6 Å². The van der Waals surface area contributed by atoms with Gasteiger partial charge in [-0.2, -0.15) is 0 Å². The average molecular weight is 252 g/mol. The molecule has 1 atom stereocenters. The minimum atomic E-state index is -0.954. The highest BCUT2D eigenvalue weighted by Crippen LogP contribution is 2.10. The van der Waals surface area contributed by atoms with E-state index >= 15 is 0 Å². The second-order valence-electron chi connectivity index (χ2n) is 3.08. The largest absolute Gasteiger partial charge is 0.468 e. The van der Waals surface area contributed by atoms with E-state index in [1.807, 2.05) is 0 Å². The molecule has 2 N–H and O–H groups in total. The first-order valence-electron chi connectivity index (χ1n) is 4.32. The Morgan fingerprint density at radius 2 is 2.06 bits per heavy atom. The van der Waals surface area contributed by atoms with Crippen LogP contribution >= 0.6 is 12.4 Å². The smallest absolute Gasteiger partial charge is 0.322 e. The van der Waals surface area contributed by atoms with Crippen LogP contribution in [0.15, 0.2) is 18.2 Å². The molecule has 1 aromatic rings. The fraction of sp³-hybridized carbons (Fsp3) is 0.300. The topological polar surface area (TPSA) is 52.3 Å². The molecule has 0 aromatic heterocycles. The summed E-state index contributed by atoms with van der Waals surface area (Å²) < 4.78 is 29.8. The molecule has 0 aliphatic carbocycles. The molecule has 1 rings (SSSR count). The van der Waals surface area contributed by atoms with E-state index in [1.165, 1.54) is 13.2 Å². The van der Waals surface area contributed by atoms with Gasteiger partial charge >= 0.3 is 5.97 Å². The first-order valence-corrected chi connectivity index (χ1v) is 4.32. The third-order valence-electron chi connectivity index (χ3n) is 1.94. The molecular formula is C10H12ClF2NO2. The molecule has 0 amide bonds. The molecule has 6 heteroatoms. The molecule has 0 saturated heterocycles. The zero-order valence-electron chi connectivity index (χ0n) is 8.57. The Kier molecular flexibility index (Phi) is 5.92. The Balaban J connectivity index is 0.00000225. The van der Waals surface area contributed by atoms with Gasteiger partial charge in [-0.3, -0.25) is 4.79 Å². The van der Waals surface area contributed by atoms with Gasteiger partial charge in [-0.05, 0) is 24.1 Å². The third-order valence-corrected chi connectivity index (χ3v) is 1.94. The molecule has 0 radical (unpaired) electrons. The summed E-state index contributed by atoms with van der Waals surface area (Å²) in [7, 11) is 1.22. The van der Waals surface area contributed by atoms with E-state index in [4.69, 9.17) is 5.73 Å². The molecule has 0 bridgehead atoms. The number of methoxy groups -OCH3 is 1. The number of hydrogen-bond acceptors (Lipinski definition) is 3. The van der Waals surface area contributed by atoms with Gasteiger partial charge < -0.3 is 10.5 Å². The van der Waals surface area contributed by atoms with Crippen LogP contribution in [0.1, 0.15) is 5.56 Å². The van der Waals surface area contributed by atoms with Crippen molar-refractivity contribution >= 4 is 18.4 Å². The number of carbonyl (C=O) groups is 1. The quantitative estimate of drug-likeness (QED) is 0.827. The summed E-state index contributed by atoms with van der Waals surface area (Å²) >= 11 is 0. The van der Waals surface area contributed by atoms with E-state index in [2.05, 4.69) is 4.74 Å². The molecular weight excluding hydrogens is 240 g/mol. The van der Waals surface area contributed by atoms with Gasteiger partial charge in [0.25, 0.3) is 0 Å². The van der Waals surface area contributed by atoms with E-state index in [0.717, 1.165) is 12.1 Å². The fourth-order valence-electron chi connectivity index (χ4n) is 1.16. The maximum absolute atomic E-state index is 12.8. The molecule has 1 aromatic carbocycles. The number of ether oxygens (including phenoxy) is 1. The maximum atomic E-state index is 12.8. The van der Waals surface area contributed by atoms with Crippen LogP contribution in [-0.4, -0.2) is 19.1 Å². The van der Waals surface area contributed by atoms with Crippen molar-refractivity contribution in [1.82, 2.24) is 0 Å². The highest BCUT2D eigenvalue weighted by Gasteiger charge is 2.15. The van der Waals surface area contributed by atoms with Crippen LogP contribution in [0.5, 0.6) is 0 Å². The van der Waals surface area contributed by atoms with Crippen molar-refractivity contribution in [1.29, 1.82) is 0 Å². The van der Waals surface area contributed by atoms with Crippen LogP contribution < -0.4 is 5.73 Å². The van der Waals surface area contributed by atoms with Gasteiger partial charge in [0.05, 0.1) is 7.11 Å². The zero-order valence-corrected chi connectivity index (χ0v) is 9.39. The molecule has 0 heterocycles. The molecule has 16 heavy (non-hydrogen) atoms. The summed E-state index contributed by atoms with van der Waals surface area (Å²) in [5.41, 5.74) is 5.91. The first-order chi connectivity index (χ1) is 7.04. The van der Waals surface area contributed by atoms with Crippen LogP contribution in [0, 0.1) is 11.6 Å². The van der Waals surface area contributed by atoms with Crippen LogP contribution in [0.3, 0.4) is 0 Å². The van der Waals surface area contributed by atoms with Crippen molar-refractivity contribution in [3.8, 4) is 0 Å². The maximum Gasteiger partial charge on any atom is 0.322 e. The SMILES string of the molecule is COC(=O)C(N)Cc1ccc(F)c(F)c1.Cl. The van der Waals surface area contributed by atoms with Crippen molar-refractivity contribution < 1.29 is 18.3 Å². The summed E-state index contributed by atoms with van der Waals surface area (Å²) in [6, 6.07) is 2.52. The molecule has 3 nitrogen and oxygen atoms in total. The molecule has 0 saturated carbocycles. The minimum absolute atomic E-state index is 0. The number of rotatable bonds is 3. The van der Waals surface area contributed by atoms with E-state index < -0.39 is 23.6 Å². The minimum Gasteiger partial charge on any atom is -0.468 e. The van der Waals surface area contributed by atoms with Crippen molar-refractivity contribution in [3.63, 3.8) is 0 Å². The second kappa shape index (κ2) is 6.40. The van der Waals surface area contributed by atoms with Crippen LogP contribution in [0.2, 0.25) is 0 Å². The number of benzene rings is 1. The predicted octanol–water partition coefficient (Wildman–Crippen LogP) is 1.43. The van der Waals surface area contributed by atoms with Crippen molar-refractivity contribution in [2.75, 3.05) is 7.11 Å². The molecule has 90 valence electrons. The molecule has 1 unspecified atom stereocenters. The van der Waals surface area contributed by atoms with Crippen LogP contribution in [-0.2, 0) is 16.0 Å². The van der Waals surface area contributed by atoms with E-state index in [-0.39, 0.29) is 18.8 Å². The fourth-order valence-corrected chi connectivity index (χ4v) is 1.16. The van der Waals surface area contributed by atoms with Gasteiger partial charge in [0.2, 0.25) is 0 Å². The number of hydrogen-bond donors (Lipinski definition) is 1. The highest BCUT2D eigenvalue weighted by molar-refractivity contribution is 5.85.